The average molecular weight is 481 g/mol. The quantitative estimate of drug-likeness (QED) is 0.439. The van der Waals surface area contributed by atoms with E-state index in [2.05, 4.69) is 9.82 Å². The lowest BCUT2D eigenvalue weighted by Crippen LogP contribution is -2.50. The first kappa shape index (κ1) is 24.6. The van der Waals surface area contributed by atoms with E-state index < -0.39 is 35.5 Å². The van der Waals surface area contributed by atoms with Crippen molar-refractivity contribution in [3.05, 3.63) is 54.4 Å². The number of hydroxylamine groups is 2. The van der Waals surface area contributed by atoms with Crippen molar-refractivity contribution >= 4 is 35.4 Å². The van der Waals surface area contributed by atoms with Crippen molar-refractivity contribution in [2.75, 3.05) is 4.90 Å². The van der Waals surface area contributed by atoms with E-state index in [0.717, 1.165) is 9.80 Å². The van der Waals surface area contributed by atoms with Crippen LogP contribution in [0.3, 0.4) is 0 Å². The van der Waals surface area contributed by atoms with Crippen LogP contribution in [-0.2, 0) is 19.8 Å². The van der Waals surface area contributed by atoms with Gasteiger partial charge >= 0.3 is 18.2 Å². The number of anilines is 1. The van der Waals surface area contributed by atoms with Gasteiger partial charge in [0, 0.05) is 28.0 Å². The minimum atomic E-state index is -5.35. The Morgan fingerprint density at radius 3 is 2.15 bits per heavy atom. The van der Waals surface area contributed by atoms with Crippen molar-refractivity contribution in [1.29, 1.82) is 0 Å². The van der Waals surface area contributed by atoms with E-state index in [1.165, 1.54) is 24.5 Å². The highest BCUT2D eigenvalue weighted by molar-refractivity contribution is 7.99. The van der Waals surface area contributed by atoms with E-state index in [-0.39, 0.29) is 10.8 Å². The molecule has 0 spiro atoms. The molecule has 7 nitrogen and oxygen atoms in total. The SMILES string of the molecule is CC(C)Sc1ccc(N2C(=O)C(C(C)(C)c3ccncc3)N(OC(=O)C(F)(F)F)C2=O)cc1. The highest BCUT2D eigenvalue weighted by Crippen LogP contribution is 2.38. The first-order valence-corrected chi connectivity index (χ1v) is 10.9. The Labute approximate surface area is 192 Å². The molecule has 11 heteroatoms. The number of nitrogens with zero attached hydrogens (tertiary/aromatic N) is 3. The van der Waals surface area contributed by atoms with Crippen molar-refractivity contribution in [2.24, 2.45) is 0 Å². The van der Waals surface area contributed by atoms with Crippen LogP contribution >= 0.6 is 11.8 Å². The number of pyridine rings is 1. The second-order valence-corrected chi connectivity index (χ2v) is 9.83. The molecule has 1 fully saturated rings. The first-order chi connectivity index (χ1) is 15.3. The van der Waals surface area contributed by atoms with Crippen molar-refractivity contribution in [3.63, 3.8) is 0 Å². The van der Waals surface area contributed by atoms with Crippen molar-refractivity contribution in [1.82, 2.24) is 10.0 Å². The summed E-state index contributed by atoms with van der Waals surface area (Å²) in [5, 5.41) is 0.517. The Hall–Kier alpha value is -3.08. The highest BCUT2D eigenvalue weighted by atomic mass is 32.2. The van der Waals surface area contributed by atoms with Gasteiger partial charge in [0.15, 0.2) is 6.04 Å². The maximum atomic E-state index is 13.4. The largest absolute Gasteiger partial charge is 0.493 e. The number of urea groups is 1. The number of thioether (sulfide) groups is 1. The van der Waals surface area contributed by atoms with Gasteiger partial charge in [-0.3, -0.25) is 9.78 Å². The molecule has 3 amide bonds. The van der Waals surface area contributed by atoms with E-state index >= 15 is 0 Å². The van der Waals surface area contributed by atoms with Gasteiger partial charge in [-0.1, -0.05) is 27.7 Å². The molecule has 0 radical (unpaired) electrons. The number of amides is 3. The van der Waals surface area contributed by atoms with Gasteiger partial charge in [0.1, 0.15) is 0 Å². The van der Waals surface area contributed by atoms with Gasteiger partial charge < -0.3 is 4.84 Å². The number of hydrogen-bond donors (Lipinski definition) is 0. The lowest BCUT2D eigenvalue weighted by atomic mass is 9.78. The van der Waals surface area contributed by atoms with Crippen LogP contribution in [0.25, 0.3) is 0 Å². The number of carbonyl (C=O) groups excluding carboxylic acids is 3. The molecule has 1 aliphatic rings. The second-order valence-electron chi connectivity index (χ2n) is 8.18. The van der Waals surface area contributed by atoms with E-state index in [1.807, 2.05) is 13.8 Å². The number of imide groups is 1. The Bertz CT molecular complexity index is 1040. The molecule has 1 unspecified atom stereocenters. The summed E-state index contributed by atoms with van der Waals surface area (Å²) in [6.45, 7) is 7.15. The molecule has 1 aromatic heterocycles. The summed E-state index contributed by atoms with van der Waals surface area (Å²) < 4.78 is 38.8. The maximum absolute atomic E-state index is 13.4. The van der Waals surface area contributed by atoms with Crippen molar-refractivity contribution < 1.29 is 32.4 Å². The molecule has 1 atom stereocenters. The summed E-state index contributed by atoms with van der Waals surface area (Å²) in [5.41, 5.74) is -0.551. The van der Waals surface area contributed by atoms with E-state index in [0.29, 0.717) is 10.8 Å². The van der Waals surface area contributed by atoms with Crippen LogP contribution in [0.4, 0.5) is 23.7 Å². The summed E-state index contributed by atoms with van der Waals surface area (Å²) in [7, 11) is 0. The standard InChI is InChI=1S/C22H22F3N3O4S/c1-13(2)33-16-7-5-15(6-8-16)27-18(29)17(21(3,4)14-9-11-26-12-10-14)28(20(27)31)32-19(30)22(23,24)25/h5-13,17H,1-4H3. The molecule has 1 aliphatic heterocycles. The van der Waals surface area contributed by atoms with Gasteiger partial charge in [-0.2, -0.15) is 13.2 Å². The van der Waals surface area contributed by atoms with Crippen LogP contribution in [0.5, 0.6) is 0 Å². The molecule has 33 heavy (non-hydrogen) atoms. The third kappa shape index (κ3) is 4.97. The number of hydrogen-bond acceptors (Lipinski definition) is 6. The molecule has 176 valence electrons. The zero-order valence-electron chi connectivity index (χ0n) is 18.3. The normalized spacial score (nSPS) is 17.2. The molecule has 0 bridgehead atoms. The monoisotopic (exact) mass is 481 g/mol. The van der Waals surface area contributed by atoms with Gasteiger partial charge in [0.25, 0.3) is 5.91 Å². The predicted molar refractivity (Wildman–Crippen MR) is 115 cm³/mol. The maximum Gasteiger partial charge on any atom is 0.493 e. The Morgan fingerprint density at radius 2 is 1.64 bits per heavy atom. The number of alkyl halides is 3. The van der Waals surface area contributed by atoms with E-state index in [4.69, 9.17) is 0 Å². The fraction of sp³-hybridized carbons (Fsp3) is 0.364. The zero-order valence-corrected chi connectivity index (χ0v) is 19.1. The number of aromatic nitrogens is 1. The number of rotatable bonds is 6. The van der Waals surface area contributed by atoms with Gasteiger partial charge in [0.05, 0.1) is 5.69 Å². The number of halogens is 3. The Balaban J connectivity index is 2.03. The molecule has 0 aliphatic carbocycles. The summed E-state index contributed by atoms with van der Waals surface area (Å²) in [6.07, 6.45) is -2.45. The van der Waals surface area contributed by atoms with Crippen LogP contribution in [0.2, 0.25) is 0 Å². The zero-order chi connectivity index (χ0) is 24.6. The first-order valence-electron chi connectivity index (χ1n) is 9.97. The van der Waals surface area contributed by atoms with Gasteiger partial charge in [0.2, 0.25) is 0 Å². The Morgan fingerprint density at radius 1 is 1.06 bits per heavy atom. The molecule has 0 saturated carbocycles. The third-order valence-electron chi connectivity index (χ3n) is 5.06. The fourth-order valence-electron chi connectivity index (χ4n) is 3.48. The smallest absolute Gasteiger partial charge is 0.327 e. The topological polar surface area (TPSA) is 79.8 Å². The van der Waals surface area contributed by atoms with E-state index in [9.17, 15) is 27.6 Å². The molecular formula is C22H22F3N3O4S. The van der Waals surface area contributed by atoms with Crippen molar-refractivity contribution in [2.45, 2.75) is 55.5 Å². The highest BCUT2D eigenvalue weighted by Gasteiger charge is 2.57. The van der Waals surface area contributed by atoms with Gasteiger partial charge in [-0.25, -0.2) is 14.5 Å². The second kappa shape index (κ2) is 9.05. The third-order valence-corrected chi connectivity index (χ3v) is 6.07. The van der Waals surface area contributed by atoms with Crippen LogP contribution in [-0.4, -0.2) is 45.4 Å². The fourth-order valence-corrected chi connectivity index (χ4v) is 4.32. The summed E-state index contributed by atoms with van der Waals surface area (Å²) in [4.78, 5) is 48.1. The lowest BCUT2D eigenvalue weighted by Gasteiger charge is -2.33. The van der Waals surface area contributed by atoms with Crippen LogP contribution in [0.15, 0.2) is 53.7 Å². The summed E-state index contributed by atoms with van der Waals surface area (Å²) in [6, 6.07) is 6.86. The Kier molecular flexibility index (Phi) is 6.73. The number of benzene rings is 1. The number of carbonyl (C=O) groups is 3. The molecule has 3 rings (SSSR count). The van der Waals surface area contributed by atoms with Crippen LogP contribution < -0.4 is 4.90 Å². The average Bonchev–Trinajstić information content (AvgIpc) is 2.98. The van der Waals surface area contributed by atoms with Crippen molar-refractivity contribution in [3.8, 4) is 0 Å². The molecule has 2 heterocycles. The van der Waals surface area contributed by atoms with Gasteiger partial charge in [-0.05, 0) is 42.0 Å². The lowest BCUT2D eigenvalue weighted by molar-refractivity contribution is -0.232. The molecule has 1 aromatic carbocycles. The van der Waals surface area contributed by atoms with Gasteiger partial charge in [-0.15, -0.1) is 16.8 Å². The minimum Gasteiger partial charge on any atom is -0.327 e. The summed E-state index contributed by atoms with van der Waals surface area (Å²) in [5.74, 6) is -3.41. The molecule has 2 aromatic rings. The van der Waals surface area contributed by atoms with E-state index in [1.54, 1.807) is 49.9 Å². The molecule has 1 saturated heterocycles. The van der Waals surface area contributed by atoms with Crippen LogP contribution in [0.1, 0.15) is 33.3 Å². The minimum absolute atomic E-state index is 0.152. The molecular weight excluding hydrogens is 459 g/mol. The molecule has 0 N–H and O–H groups in total. The predicted octanol–water partition coefficient (Wildman–Crippen LogP) is 4.72. The van der Waals surface area contributed by atoms with Crippen LogP contribution in [0, 0.1) is 0 Å². The summed E-state index contributed by atoms with van der Waals surface area (Å²) >= 11 is 1.57.